The van der Waals surface area contributed by atoms with Gasteiger partial charge in [0.1, 0.15) is 11.8 Å². The Morgan fingerprint density at radius 3 is 2.76 bits per heavy atom. The summed E-state index contributed by atoms with van der Waals surface area (Å²) in [6, 6.07) is -0.109. The number of hydrogen-bond donors (Lipinski definition) is 0. The quantitative estimate of drug-likeness (QED) is 0.692. The number of rotatable bonds is 4. The summed E-state index contributed by atoms with van der Waals surface area (Å²) < 4.78 is 4.90. The van der Waals surface area contributed by atoms with Crippen molar-refractivity contribution in [2.24, 2.45) is 11.8 Å². The summed E-state index contributed by atoms with van der Waals surface area (Å²) in [5.74, 6) is 0.780. The molecule has 0 N–H and O–H groups in total. The Kier molecular flexibility index (Phi) is 3.82. The fourth-order valence-electron chi connectivity index (χ4n) is 2.72. The lowest BCUT2D eigenvalue weighted by Crippen LogP contribution is -2.50. The van der Waals surface area contributed by atoms with Gasteiger partial charge in [-0.05, 0) is 25.2 Å². The van der Waals surface area contributed by atoms with Gasteiger partial charge in [0, 0.05) is 25.4 Å². The van der Waals surface area contributed by atoms with Gasteiger partial charge in [-0.15, -0.1) is 0 Å². The number of methoxy groups -OCH3 is 1. The number of nitrogens with zero attached hydrogens (tertiary/aromatic N) is 1. The van der Waals surface area contributed by atoms with Crippen molar-refractivity contribution in [1.82, 2.24) is 4.90 Å². The van der Waals surface area contributed by atoms with Crippen molar-refractivity contribution in [2.45, 2.75) is 38.6 Å². The lowest BCUT2D eigenvalue weighted by atomic mass is 9.92. The van der Waals surface area contributed by atoms with Gasteiger partial charge in [-0.3, -0.25) is 14.5 Å². The largest absolute Gasteiger partial charge is 0.468 e. The van der Waals surface area contributed by atoms with Crippen molar-refractivity contribution < 1.29 is 14.3 Å². The second-order valence-corrected chi connectivity index (χ2v) is 5.12. The Morgan fingerprint density at radius 1 is 1.53 bits per heavy atom. The van der Waals surface area contributed by atoms with Crippen LogP contribution in [0.1, 0.15) is 32.6 Å². The first kappa shape index (κ1) is 12.6. The van der Waals surface area contributed by atoms with E-state index in [2.05, 4.69) is 4.90 Å². The highest BCUT2D eigenvalue weighted by Gasteiger charge is 2.43. The van der Waals surface area contributed by atoms with Gasteiger partial charge >= 0.3 is 5.97 Å². The van der Waals surface area contributed by atoms with Crippen molar-refractivity contribution in [3.63, 3.8) is 0 Å². The first-order valence-electron chi connectivity index (χ1n) is 6.52. The molecule has 2 rings (SSSR count). The fourth-order valence-corrected chi connectivity index (χ4v) is 2.72. The summed E-state index contributed by atoms with van der Waals surface area (Å²) in [6.07, 6.45) is 3.68. The van der Waals surface area contributed by atoms with E-state index in [1.807, 2.05) is 6.92 Å². The molecule has 1 aliphatic carbocycles. The smallest absolute Gasteiger partial charge is 0.323 e. The molecule has 1 saturated heterocycles. The van der Waals surface area contributed by atoms with Gasteiger partial charge in [-0.25, -0.2) is 0 Å². The van der Waals surface area contributed by atoms with Crippen LogP contribution >= 0.6 is 0 Å². The highest BCUT2D eigenvalue weighted by atomic mass is 16.5. The Hall–Kier alpha value is -0.900. The summed E-state index contributed by atoms with van der Waals surface area (Å²) in [6.45, 7) is 3.48. The molecule has 2 unspecified atom stereocenters. The second kappa shape index (κ2) is 5.17. The summed E-state index contributed by atoms with van der Waals surface area (Å²) in [5.41, 5.74) is 0. The number of hydrogen-bond acceptors (Lipinski definition) is 4. The number of esters is 1. The molecule has 4 nitrogen and oxygen atoms in total. The maximum atomic E-state index is 11.8. The third-order valence-corrected chi connectivity index (χ3v) is 3.95. The average Bonchev–Trinajstić information content (AvgIpc) is 3.15. The standard InChI is InChI=1S/C13H21NO3/c1-3-9-8-14(7-6-11(9)15)12(10-4-5-10)13(16)17-2/h9-10,12H,3-8H2,1-2H3. The van der Waals surface area contributed by atoms with Gasteiger partial charge < -0.3 is 4.74 Å². The van der Waals surface area contributed by atoms with Crippen LogP contribution in [0.15, 0.2) is 0 Å². The van der Waals surface area contributed by atoms with Gasteiger partial charge in [-0.1, -0.05) is 6.92 Å². The van der Waals surface area contributed by atoms with Crippen LogP contribution in [-0.4, -0.2) is 42.9 Å². The molecule has 2 atom stereocenters. The molecule has 0 aromatic carbocycles. The molecule has 2 fully saturated rings. The van der Waals surface area contributed by atoms with E-state index < -0.39 is 0 Å². The number of carbonyl (C=O) groups excluding carboxylic acids is 2. The maximum Gasteiger partial charge on any atom is 0.323 e. The molecular formula is C13H21NO3. The van der Waals surface area contributed by atoms with E-state index >= 15 is 0 Å². The molecule has 0 aromatic heterocycles. The molecule has 0 radical (unpaired) electrons. The van der Waals surface area contributed by atoms with Gasteiger partial charge in [0.15, 0.2) is 0 Å². The maximum absolute atomic E-state index is 11.8. The van der Waals surface area contributed by atoms with Gasteiger partial charge in [-0.2, -0.15) is 0 Å². The molecule has 1 saturated carbocycles. The van der Waals surface area contributed by atoms with Crippen molar-refractivity contribution in [1.29, 1.82) is 0 Å². The second-order valence-electron chi connectivity index (χ2n) is 5.12. The lowest BCUT2D eigenvalue weighted by Gasteiger charge is -2.36. The van der Waals surface area contributed by atoms with Crippen LogP contribution < -0.4 is 0 Å². The summed E-state index contributed by atoms with van der Waals surface area (Å²) in [4.78, 5) is 25.7. The lowest BCUT2D eigenvalue weighted by molar-refractivity contribution is -0.150. The molecule has 0 aromatic rings. The Morgan fingerprint density at radius 2 is 2.24 bits per heavy atom. The Balaban J connectivity index is 2.04. The van der Waals surface area contributed by atoms with Gasteiger partial charge in [0.05, 0.1) is 7.11 Å². The number of Topliss-reactive ketones (excluding diaryl/α,β-unsaturated/α-hetero) is 1. The Labute approximate surface area is 102 Å². The van der Waals surface area contributed by atoms with Gasteiger partial charge in [0.25, 0.3) is 0 Å². The normalized spacial score (nSPS) is 27.9. The number of likely N-dealkylation sites (tertiary alicyclic amines) is 1. The van der Waals surface area contributed by atoms with Crippen LogP contribution in [0.25, 0.3) is 0 Å². The zero-order valence-electron chi connectivity index (χ0n) is 10.6. The van der Waals surface area contributed by atoms with Crippen molar-refractivity contribution in [2.75, 3.05) is 20.2 Å². The van der Waals surface area contributed by atoms with E-state index in [0.29, 0.717) is 24.7 Å². The molecule has 4 heteroatoms. The third kappa shape index (κ3) is 2.68. The minimum Gasteiger partial charge on any atom is -0.468 e. The zero-order chi connectivity index (χ0) is 12.4. The van der Waals surface area contributed by atoms with Crippen LogP contribution in [-0.2, 0) is 14.3 Å². The van der Waals surface area contributed by atoms with Crippen molar-refractivity contribution in [3.8, 4) is 0 Å². The zero-order valence-corrected chi connectivity index (χ0v) is 10.6. The molecule has 17 heavy (non-hydrogen) atoms. The Bertz CT molecular complexity index is 312. The summed E-state index contributed by atoms with van der Waals surface area (Å²) >= 11 is 0. The van der Waals surface area contributed by atoms with Crippen molar-refractivity contribution in [3.05, 3.63) is 0 Å². The highest BCUT2D eigenvalue weighted by Crippen LogP contribution is 2.37. The molecule has 1 aliphatic heterocycles. The van der Waals surface area contributed by atoms with E-state index in [9.17, 15) is 9.59 Å². The molecule has 96 valence electrons. The number of ether oxygens (including phenoxy) is 1. The van der Waals surface area contributed by atoms with Crippen molar-refractivity contribution >= 4 is 11.8 Å². The molecule has 2 aliphatic rings. The van der Waals surface area contributed by atoms with E-state index in [0.717, 1.165) is 25.8 Å². The average molecular weight is 239 g/mol. The first-order valence-corrected chi connectivity index (χ1v) is 6.52. The minimum absolute atomic E-state index is 0.106. The molecule has 1 heterocycles. The van der Waals surface area contributed by atoms with E-state index in [1.165, 1.54) is 7.11 Å². The molecule has 0 amide bonds. The van der Waals surface area contributed by atoms with Crippen LogP contribution in [0.4, 0.5) is 0 Å². The fraction of sp³-hybridized carbons (Fsp3) is 0.846. The van der Waals surface area contributed by atoms with Crippen LogP contribution in [0.2, 0.25) is 0 Å². The topological polar surface area (TPSA) is 46.6 Å². The summed E-state index contributed by atoms with van der Waals surface area (Å²) in [5, 5.41) is 0. The molecular weight excluding hydrogens is 218 g/mol. The van der Waals surface area contributed by atoms with Crippen LogP contribution in [0.3, 0.4) is 0 Å². The molecule has 0 bridgehead atoms. The first-order chi connectivity index (χ1) is 8.17. The SMILES string of the molecule is CCC1CN(C(C(=O)OC)C2CC2)CCC1=O. The number of carbonyl (C=O) groups is 2. The van der Waals surface area contributed by atoms with Crippen LogP contribution in [0, 0.1) is 11.8 Å². The van der Waals surface area contributed by atoms with E-state index in [1.54, 1.807) is 0 Å². The van der Waals surface area contributed by atoms with E-state index in [4.69, 9.17) is 4.74 Å². The van der Waals surface area contributed by atoms with E-state index in [-0.39, 0.29) is 17.9 Å². The third-order valence-electron chi connectivity index (χ3n) is 3.95. The predicted molar refractivity (Wildman–Crippen MR) is 63.5 cm³/mol. The predicted octanol–water partition coefficient (Wildman–Crippen LogP) is 1.24. The number of piperidine rings is 1. The van der Waals surface area contributed by atoms with Crippen LogP contribution in [0.5, 0.6) is 0 Å². The minimum atomic E-state index is -0.128. The highest BCUT2D eigenvalue weighted by molar-refractivity contribution is 5.83. The number of ketones is 1. The van der Waals surface area contributed by atoms with Gasteiger partial charge in [0.2, 0.25) is 0 Å². The monoisotopic (exact) mass is 239 g/mol. The summed E-state index contributed by atoms with van der Waals surface area (Å²) in [7, 11) is 1.45. The molecule has 0 spiro atoms.